The summed E-state index contributed by atoms with van der Waals surface area (Å²) in [4.78, 5) is 13.8. The molecule has 0 radical (unpaired) electrons. The number of aromatic nitrogens is 3. The van der Waals surface area contributed by atoms with Gasteiger partial charge < -0.3 is 5.32 Å². The van der Waals surface area contributed by atoms with Crippen LogP contribution in [-0.4, -0.2) is 21.5 Å². The smallest absolute Gasteiger partial charge is 0.180 e. The van der Waals surface area contributed by atoms with Crippen LogP contribution < -0.4 is 5.32 Å². The molecule has 0 unspecified atom stereocenters. The SMILES string of the molecule is CCCCCCCCCCCNc1nc(-c2ccccn2)nc(C)c1CC. The van der Waals surface area contributed by atoms with Crippen molar-refractivity contribution >= 4 is 5.82 Å². The zero-order valence-electron chi connectivity index (χ0n) is 17.4. The van der Waals surface area contributed by atoms with E-state index in [4.69, 9.17) is 4.98 Å². The van der Waals surface area contributed by atoms with Gasteiger partial charge in [0.25, 0.3) is 0 Å². The third-order valence-corrected chi connectivity index (χ3v) is 5.03. The fourth-order valence-electron chi connectivity index (χ4n) is 3.42. The summed E-state index contributed by atoms with van der Waals surface area (Å²) >= 11 is 0. The minimum Gasteiger partial charge on any atom is -0.370 e. The van der Waals surface area contributed by atoms with Crippen molar-refractivity contribution in [1.82, 2.24) is 15.0 Å². The van der Waals surface area contributed by atoms with E-state index in [1.54, 1.807) is 6.20 Å². The second kappa shape index (κ2) is 12.4. The molecule has 0 saturated carbocycles. The highest BCUT2D eigenvalue weighted by Gasteiger charge is 2.11. The van der Waals surface area contributed by atoms with Crippen LogP contribution >= 0.6 is 0 Å². The van der Waals surface area contributed by atoms with Crippen LogP contribution in [0.25, 0.3) is 11.5 Å². The summed E-state index contributed by atoms with van der Waals surface area (Å²) in [5.41, 5.74) is 3.09. The van der Waals surface area contributed by atoms with Gasteiger partial charge >= 0.3 is 0 Å². The van der Waals surface area contributed by atoms with E-state index in [0.717, 1.165) is 30.2 Å². The van der Waals surface area contributed by atoms with Crippen LogP contribution in [0, 0.1) is 6.92 Å². The molecule has 2 heterocycles. The van der Waals surface area contributed by atoms with E-state index >= 15 is 0 Å². The van der Waals surface area contributed by atoms with Gasteiger partial charge in [0.15, 0.2) is 5.82 Å². The fraction of sp³-hybridized carbons (Fsp3) is 0.609. The molecule has 0 saturated heterocycles. The van der Waals surface area contributed by atoms with E-state index in [1.807, 2.05) is 18.2 Å². The van der Waals surface area contributed by atoms with Gasteiger partial charge in [-0.05, 0) is 31.9 Å². The van der Waals surface area contributed by atoms with Gasteiger partial charge in [-0.15, -0.1) is 0 Å². The van der Waals surface area contributed by atoms with Gasteiger partial charge in [0.1, 0.15) is 11.5 Å². The molecule has 0 spiro atoms. The summed E-state index contributed by atoms with van der Waals surface area (Å²) in [5, 5.41) is 3.56. The van der Waals surface area contributed by atoms with Gasteiger partial charge in [0.2, 0.25) is 0 Å². The first-order valence-electron chi connectivity index (χ1n) is 10.8. The van der Waals surface area contributed by atoms with Crippen LogP contribution in [-0.2, 0) is 6.42 Å². The van der Waals surface area contributed by atoms with E-state index < -0.39 is 0 Å². The van der Waals surface area contributed by atoms with Gasteiger partial charge in [-0.2, -0.15) is 0 Å². The van der Waals surface area contributed by atoms with Gasteiger partial charge in [-0.3, -0.25) is 4.98 Å². The Bertz CT molecular complexity index is 655. The first kappa shape index (κ1) is 21.3. The third-order valence-electron chi connectivity index (χ3n) is 5.03. The van der Waals surface area contributed by atoms with Gasteiger partial charge in [-0.25, -0.2) is 9.97 Å². The first-order chi connectivity index (χ1) is 13.3. The van der Waals surface area contributed by atoms with E-state index in [9.17, 15) is 0 Å². The maximum Gasteiger partial charge on any atom is 0.180 e. The number of hydrogen-bond acceptors (Lipinski definition) is 4. The monoisotopic (exact) mass is 368 g/mol. The molecule has 148 valence electrons. The number of anilines is 1. The molecule has 0 bridgehead atoms. The second-order valence-electron chi connectivity index (χ2n) is 7.28. The van der Waals surface area contributed by atoms with Crippen molar-refractivity contribution in [1.29, 1.82) is 0 Å². The van der Waals surface area contributed by atoms with Crippen molar-refractivity contribution in [2.75, 3.05) is 11.9 Å². The molecule has 4 heteroatoms. The van der Waals surface area contributed by atoms with Crippen molar-refractivity contribution in [3.05, 3.63) is 35.7 Å². The number of pyridine rings is 1. The Labute approximate surface area is 165 Å². The Hall–Kier alpha value is -1.97. The topological polar surface area (TPSA) is 50.7 Å². The lowest BCUT2D eigenvalue weighted by atomic mass is 10.1. The number of rotatable bonds is 13. The molecule has 0 amide bonds. The third kappa shape index (κ3) is 7.28. The van der Waals surface area contributed by atoms with Crippen molar-refractivity contribution in [2.24, 2.45) is 0 Å². The standard InChI is InChI=1S/C23H36N4/c1-4-6-7-8-9-10-11-12-14-18-25-22-20(5-2)19(3)26-23(27-22)21-16-13-15-17-24-21/h13,15-17H,4-12,14,18H2,1-3H3,(H,25,26,27). The van der Waals surface area contributed by atoms with Crippen molar-refractivity contribution in [2.45, 2.75) is 85.0 Å². The summed E-state index contributed by atoms with van der Waals surface area (Å²) in [6, 6.07) is 5.86. The second-order valence-corrected chi connectivity index (χ2v) is 7.28. The highest BCUT2D eigenvalue weighted by Crippen LogP contribution is 2.21. The Morgan fingerprint density at radius 3 is 2.19 bits per heavy atom. The predicted molar refractivity (Wildman–Crippen MR) is 115 cm³/mol. The molecule has 0 aliphatic heterocycles. The molecule has 0 aromatic carbocycles. The zero-order chi connectivity index (χ0) is 19.3. The Balaban J connectivity index is 1.80. The summed E-state index contributed by atoms with van der Waals surface area (Å²) in [6.45, 7) is 7.48. The van der Waals surface area contributed by atoms with Crippen molar-refractivity contribution in [3.63, 3.8) is 0 Å². The number of nitrogens with zero attached hydrogens (tertiary/aromatic N) is 3. The Morgan fingerprint density at radius 1 is 0.852 bits per heavy atom. The number of unbranched alkanes of at least 4 members (excludes halogenated alkanes) is 8. The number of aryl methyl sites for hydroxylation is 1. The normalized spacial score (nSPS) is 10.9. The van der Waals surface area contributed by atoms with Crippen molar-refractivity contribution in [3.8, 4) is 11.5 Å². The fourth-order valence-corrected chi connectivity index (χ4v) is 3.42. The highest BCUT2D eigenvalue weighted by molar-refractivity contribution is 5.56. The van der Waals surface area contributed by atoms with Crippen LogP contribution in [0.5, 0.6) is 0 Å². The first-order valence-corrected chi connectivity index (χ1v) is 10.8. The summed E-state index contributed by atoms with van der Waals surface area (Å²) in [6.07, 6.45) is 14.9. The van der Waals surface area contributed by atoms with Crippen LogP contribution in [0.15, 0.2) is 24.4 Å². The predicted octanol–water partition coefficient (Wildman–Crippen LogP) is 6.35. The molecule has 0 atom stereocenters. The molecule has 4 nitrogen and oxygen atoms in total. The maximum absolute atomic E-state index is 4.77. The number of hydrogen-bond donors (Lipinski definition) is 1. The number of nitrogens with one attached hydrogen (secondary N) is 1. The molecule has 2 aromatic rings. The molecular formula is C23H36N4. The molecule has 2 aromatic heterocycles. The van der Waals surface area contributed by atoms with Crippen LogP contribution in [0.1, 0.15) is 82.9 Å². The maximum atomic E-state index is 4.77. The summed E-state index contributed by atoms with van der Waals surface area (Å²) in [7, 11) is 0. The molecule has 0 aliphatic carbocycles. The lowest BCUT2D eigenvalue weighted by Crippen LogP contribution is -2.10. The minimum atomic E-state index is 0.708. The molecule has 0 aliphatic rings. The van der Waals surface area contributed by atoms with Gasteiger partial charge in [0.05, 0.1) is 0 Å². The van der Waals surface area contributed by atoms with Crippen LogP contribution in [0.3, 0.4) is 0 Å². The van der Waals surface area contributed by atoms with Gasteiger partial charge in [0, 0.05) is 24.0 Å². The van der Waals surface area contributed by atoms with Crippen molar-refractivity contribution < 1.29 is 0 Å². The van der Waals surface area contributed by atoms with E-state index in [0.29, 0.717) is 5.82 Å². The Kier molecular flexibility index (Phi) is 9.81. The Morgan fingerprint density at radius 2 is 1.56 bits per heavy atom. The molecule has 1 N–H and O–H groups in total. The van der Waals surface area contributed by atoms with Gasteiger partial charge in [-0.1, -0.05) is 71.3 Å². The van der Waals surface area contributed by atoms with Crippen LogP contribution in [0.4, 0.5) is 5.82 Å². The largest absolute Gasteiger partial charge is 0.370 e. The highest BCUT2D eigenvalue weighted by atomic mass is 15.0. The zero-order valence-corrected chi connectivity index (χ0v) is 17.4. The lowest BCUT2D eigenvalue weighted by Gasteiger charge is -2.13. The quantitative estimate of drug-likeness (QED) is 0.418. The van der Waals surface area contributed by atoms with Crippen LogP contribution in [0.2, 0.25) is 0 Å². The average Bonchev–Trinajstić information content (AvgIpc) is 2.70. The molecule has 2 rings (SSSR count). The van der Waals surface area contributed by atoms with E-state index in [2.05, 4.69) is 36.1 Å². The average molecular weight is 369 g/mol. The van der Waals surface area contributed by atoms with E-state index in [1.165, 1.54) is 63.4 Å². The lowest BCUT2D eigenvalue weighted by molar-refractivity contribution is 0.569. The summed E-state index contributed by atoms with van der Waals surface area (Å²) in [5.74, 6) is 1.69. The minimum absolute atomic E-state index is 0.708. The molecule has 27 heavy (non-hydrogen) atoms. The molecular weight excluding hydrogens is 332 g/mol. The molecule has 0 fully saturated rings. The summed E-state index contributed by atoms with van der Waals surface area (Å²) < 4.78 is 0. The van der Waals surface area contributed by atoms with E-state index in [-0.39, 0.29) is 0 Å².